The van der Waals surface area contributed by atoms with Gasteiger partial charge in [0.05, 0.1) is 25.2 Å². The zero-order chi connectivity index (χ0) is 33.5. The number of ketones is 1. The first-order valence-electron chi connectivity index (χ1n) is 17.3. The Balaban J connectivity index is 2.37. The fourth-order valence-electron chi connectivity index (χ4n) is 5.99. The smallest absolute Gasteiger partial charge is 0.308 e. The molecule has 2 aliphatic carbocycles. The van der Waals surface area contributed by atoms with E-state index in [2.05, 4.69) is 106 Å². The van der Waals surface area contributed by atoms with E-state index in [1.807, 2.05) is 0 Å². The Hall–Kier alpha value is -1.21. The van der Waals surface area contributed by atoms with Crippen LogP contribution in [0.15, 0.2) is 12.2 Å². The summed E-state index contributed by atoms with van der Waals surface area (Å²) in [7, 11) is -2.65. The van der Waals surface area contributed by atoms with E-state index in [0.717, 1.165) is 25.7 Å². The van der Waals surface area contributed by atoms with Crippen molar-refractivity contribution in [3.63, 3.8) is 0 Å². The van der Waals surface area contributed by atoms with Crippen LogP contribution in [-0.2, 0) is 23.2 Å². The molecular weight excluding hydrogens is 581 g/mol. The zero-order valence-electron chi connectivity index (χ0n) is 30.6. The Labute approximate surface area is 273 Å². The summed E-state index contributed by atoms with van der Waals surface area (Å²) >= 11 is 0. The predicted molar refractivity (Wildman–Crippen MR) is 188 cm³/mol. The van der Waals surface area contributed by atoms with E-state index in [-0.39, 0.29) is 57.7 Å². The molecule has 0 saturated heterocycles. The third-order valence-corrected chi connectivity index (χ3v) is 20.1. The Morgan fingerprint density at radius 1 is 1.05 bits per heavy atom. The summed E-state index contributed by atoms with van der Waals surface area (Å²) < 4.78 is 18.9. The van der Waals surface area contributed by atoms with Crippen molar-refractivity contribution >= 4 is 28.4 Å². The summed E-state index contributed by atoms with van der Waals surface area (Å²) in [5, 5.41) is 0.178. The minimum atomic E-state index is -2.10. The molecule has 0 amide bonds. The number of carbonyl (C=O) groups is 2. The Kier molecular flexibility index (Phi) is 14.2. The third kappa shape index (κ3) is 11.0. The molecule has 0 aromatic heterocycles. The van der Waals surface area contributed by atoms with Crippen molar-refractivity contribution in [2.45, 2.75) is 162 Å². The van der Waals surface area contributed by atoms with E-state index >= 15 is 0 Å². The number of hydrogen-bond acceptors (Lipinski definition) is 5. The van der Waals surface area contributed by atoms with Crippen molar-refractivity contribution in [3.8, 4) is 11.8 Å². The van der Waals surface area contributed by atoms with Crippen LogP contribution in [0, 0.1) is 41.4 Å². The molecule has 0 unspecified atom stereocenters. The third-order valence-electron chi connectivity index (χ3n) is 11.0. The van der Waals surface area contributed by atoms with E-state index in [9.17, 15) is 9.59 Å². The van der Waals surface area contributed by atoms with Gasteiger partial charge in [0, 0.05) is 30.6 Å². The molecule has 0 spiro atoms. The highest BCUT2D eigenvalue weighted by atomic mass is 28.4. The fourth-order valence-corrected chi connectivity index (χ4v) is 8.63. The number of rotatable bonds is 13. The number of methoxy groups -OCH3 is 1. The van der Waals surface area contributed by atoms with Gasteiger partial charge in [-0.2, -0.15) is 0 Å². The van der Waals surface area contributed by atoms with Crippen LogP contribution in [0.5, 0.6) is 0 Å². The van der Waals surface area contributed by atoms with Crippen molar-refractivity contribution in [2.75, 3.05) is 7.11 Å². The molecule has 2 saturated carbocycles. The van der Waals surface area contributed by atoms with Gasteiger partial charge in [-0.3, -0.25) is 9.59 Å². The lowest BCUT2D eigenvalue weighted by atomic mass is 9.89. The molecule has 7 heteroatoms. The van der Waals surface area contributed by atoms with E-state index < -0.39 is 16.6 Å². The Morgan fingerprint density at radius 3 is 2.25 bits per heavy atom. The highest BCUT2D eigenvalue weighted by molar-refractivity contribution is 6.74. The fraction of sp³-hybridized carbons (Fsp3) is 0.838. The van der Waals surface area contributed by atoms with Crippen molar-refractivity contribution < 1.29 is 23.2 Å². The zero-order valence-corrected chi connectivity index (χ0v) is 32.6. The standard InChI is InChI=1S/C37H66O5Si2/c1-14-15-17-27(2)24-30(41-43(10,11)36(3,4)5)22-23-32-31(19-16-18-28-20-21-29(25-28)35(39)40-9)33(38)26-34(32)42-44(12,13)37(6,7)8/h22-23,27-32,34H,14-15,17,19-21,24-26H2,1-13H3/b23-22+/t27-,28-,29-,30+,31+,32+,34+/m0/s1. The Bertz CT molecular complexity index is 1040. The number of Topliss-reactive ketones (excluding diaryl/α,β-unsaturated/α-hetero) is 1. The molecule has 0 heterocycles. The maximum Gasteiger partial charge on any atom is 0.308 e. The lowest BCUT2D eigenvalue weighted by Crippen LogP contribution is -2.45. The first-order valence-corrected chi connectivity index (χ1v) is 23.2. The van der Waals surface area contributed by atoms with Crippen molar-refractivity contribution in [3.05, 3.63) is 12.2 Å². The van der Waals surface area contributed by atoms with Gasteiger partial charge in [-0.05, 0) is 67.9 Å². The second kappa shape index (κ2) is 16.1. The number of esters is 1. The van der Waals surface area contributed by atoms with Crippen LogP contribution >= 0.6 is 0 Å². The van der Waals surface area contributed by atoms with Crippen LogP contribution in [0.3, 0.4) is 0 Å². The summed E-state index contributed by atoms with van der Waals surface area (Å²) in [5.74, 6) is 7.45. The average molecular weight is 647 g/mol. The van der Waals surface area contributed by atoms with Crippen molar-refractivity contribution in [1.29, 1.82) is 0 Å². The SMILES string of the molecule is CCCC[C@H](C)C[C@@H](/C=C/[C@H]1[C@H](O[Si](C)(C)C(C)(C)C)CC(=O)[C@@H]1CC#C[C@H]1CC[C@H](C(=O)OC)C1)O[Si](C)(C)C(C)(C)C. The lowest BCUT2D eigenvalue weighted by Gasteiger charge is -2.40. The lowest BCUT2D eigenvalue weighted by molar-refractivity contribution is -0.145. The van der Waals surface area contributed by atoms with Gasteiger partial charge in [-0.25, -0.2) is 0 Å². The maximum atomic E-state index is 13.6. The van der Waals surface area contributed by atoms with Crippen LogP contribution in [0.25, 0.3) is 0 Å². The normalized spacial score (nSPS) is 26.5. The molecule has 5 nitrogen and oxygen atoms in total. The second-order valence-corrected chi connectivity index (χ2v) is 26.3. The van der Waals surface area contributed by atoms with Gasteiger partial charge in [0.25, 0.3) is 0 Å². The number of carbonyl (C=O) groups excluding carboxylic acids is 2. The number of hydrogen-bond donors (Lipinski definition) is 0. The molecule has 0 N–H and O–H groups in total. The highest BCUT2D eigenvalue weighted by Gasteiger charge is 2.47. The summed E-state index contributed by atoms with van der Waals surface area (Å²) in [6.45, 7) is 27.5. The van der Waals surface area contributed by atoms with E-state index in [4.69, 9.17) is 13.6 Å². The van der Waals surface area contributed by atoms with Gasteiger partial charge in [0.15, 0.2) is 16.6 Å². The predicted octanol–water partition coefficient (Wildman–Crippen LogP) is 9.73. The summed E-state index contributed by atoms with van der Waals surface area (Å²) in [6.07, 6.45) is 12.6. The summed E-state index contributed by atoms with van der Waals surface area (Å²) in [4.78, 5) is 25.6. The van der Waals surface area contributed by atoms with E-state index in [1.54, 1.807) is 0 Å². The summed E-state index contributed by atoms with van der Waals surface area (Å²) in [6, 6.07) is 0. The minimum Gasteiger partial charge on any atom is -0.469 e. The first-order chi connectivity index (χ1) is 20.2. The molecule has 0 aromatic carbocycles. The highest BCUT2D eigenvalue weighted by Crippen LogP contribution is 2.43. The van der Waals surface area contributed by atoms with Gasteiger partial charge in [0.2, 0.25) is 0 Å². The van der Waals surface area contributed by atoms with Crippen LogP contribution < -0.4 is 0 Å². The molecule has 2 rings (SSSR count). The quantitative estimate of drug-likeness (QED) is 0.0863. The molecule has 0 aliphatic heterocycles. The van der Waals surface area contributed by atoms with Crippen molar-refractivity contribution in [1.82, 2.24) is 0 Å². The van der Waals surface area contributed by atoms with Gasteiger partial charge < -0.3 is 13.6 Å². The number of unbranched alkanes of at least 4 members (excludes halogenated alkanes) is 1. The van der Waals surface area contributed by atoms with Gasteiger partial charge >= 0.3 is 5.97 Å². The van der Waals surface area contributed by atoms with E-state index in [1.165, 1.54) is 26.4 Å². The Morgan fingerprint density at radius 2 is 1.68 bits per heavy atom. The summed E-state index contributed by atoms with van der Waals surface area (Å²) in [5.41, 5.74) is 0. The molecule has 7 atom stereocenters. The monoisotopic (exact) mass is 646 g/mol. The largest absolute Gasteiger partial charge is 0.469 e. The van der Waals surface area contributed by atoms with Crippen LogP contribution in [-0.4, -0.2) is 47.7 Å². The molecule has 44 heavy (non-hydrogen) atoms. The van der Waals surface area contributed by atoms with Gasteiger partial charge in [-0.1, -0.05) is 92.7 Å². The molecule has 252 valence electrons. The molecule has 2 fully saturated rings. The first kappa shape index (κ1) is 39.0. The molecule has 0 radical (unpaired) electrons. The van der Waals surface area contributed by atoms with Gasteiger partial charge in [0.1, 0.15) is 5.78 Å². The second-order valence-electron chi connectivity index (χ2n) is 16.8. The van der Waals surface area contributed by atoms with Crippen molar-refractivity contribution in [2.24, 2.45) is 29.6 Å². The van der Waals surface area contributed by atoms with E-state index in [0.29, 0.717) is 18.8 Å². The van der Waals surface area contributed by atoms with Crippen LogP contribution in [0.4, 0.5) is 0 Å². The molecule has 0 aromatic rings. The van der Waals surface area contributed by atoms with Crippen LogP contribution in [0.1, 0.15) is 113 Å². The molecule has 0 bridgehead atoms. The maximum absolute atomic E-state index is 13.6. The minimum absolute atomic E-state index is 0.0196. The molecule has 2 aliphatic rings. The number of ether oxygens (including phenoxy) is 1. The average Bonchev–Trinajstić information content (AvgIpc) is 3.48. The van der Waals surface area contributed by atoms with Gasteiger partial charge in [-0.15, -0.1) is 5.92 Å². The molecular formula is C37H66O5Si2. The van der Waals surface area contributed by atoms with Crippen LogP contribution in [0.2, 0.25) is 36.3 Å². The topological polar surface area (TPSA) is 61.8 Å².